The summed E-state index contributed by atoms with van der Waals surface area (Å²) < 4.78 is 56.7. The molecule has 0 aliphatic carbocycles. The van der Waals surface area contributed by atoms with Crippen LogP contribution in [0, 0.1) is 0 Å². The Kier molecular flexibility index (Phi) is 2.80. The van der Waals surface area contributed by atoms with Gasteiger partial charge in [0.05, 0.1) is 0 Å². The van der Waals surface area contributed by atoms with E-state index in [1.807, 2.05) is 0 Å². The molecule has 0 aromatic heterocycles. The van der Waals surface area contributed by atoms with Gasteiger partial charge in [0, 0.05) is 22.6 Å². The molecular weight excluding hydrogens is 282 g/mol. The summed E-state index contributed by atoms with van der Waals surface area (Å²) in [5.41, 5.74) is -3.21. The highest BCUT2D eigenvalue weighted by Crippen LogP contribution is 2.47. The Morgan fingerprint density at radius 1 is 0.909 bits per heavy atom. The van der Waals surface area contributed by atoms with Crippen LogP contribution in [0.25, 0.3) is 0 Å². The SMILES string of the molecule is CC(C)(F)C(F)(F)C(F)(F)I. The Morgan fingerprint density at radius 2 is 1.18 bits per heavy atom. The minimum Gasteiger partial charge on any atom is -0.238 e. The van der Waals surface area contributed by atoms with Crippen LogP contribution in [0.4, 0.5) is 22.0 Å². The van der Waals surface area contributed by atoms with Crippen molar-refractivity contribution in [3.05, 3.63) is 0 Å². The van der Waals surface area contributed by atoms with Gasteiger partial charge in [-0.2, -0.15) is 17.6 Å². The van der Waals surface area contributed by atoms with Gasteiger partial charge in [0.15, 0.2) is 5.67 Å². The largest absolute Gasteiger partial charge is 0.361 e. The Morgan fingerprint density at radius 3 is 1.18 bits per heavy atom. The van der Waals surface area contributed by atoms with Crippen LogP contribution in [0.1, 0.15) is 13.8 Å². The average Bonchev–Trinajstić information content (AvgIpc) is 1.58. The first kappa shape index (κ1) is 11.4. The molecule has 0 saturated heterocycles. The van der Waals surface area contributed by atoms with E-state index in [2.05, 4.69) is 0 Å². The van der Waals surface area contributed by atoms with E-state index in [1.165, 1.54) is 0 Å². The van der Waals surface area contributed by atoms with Gasteiger partial charge in [-0.3, -0.25) is 0 Å². The maximum absolute atomic E-state index is 12.4. The normalized spacial score (nSPS) is 15.3. The molecule has 0 bridgehead atoms. The molecule has 0 unspecified atom stereocenters. The summed E-state index contributed by atoms with van der Waals surface area (Å²) in [5.74, 6) is -4.64. The average molecular weight is 288 g/mol. The van der Waals surface area contributed by atoms with Crippen LogP contribution in [-0.2, 0) is 0 Å². The number of hydrogen-bond donors (Lipinski definition) is 0. The molecule has 0 aliphatic heterocycles. The fourth-order valence-corrected chi connectivity index (χ4v) is 0.978. The molecule has 0 fully saturated rings. The van der Waals surface area contributed by atoms with Crippen molar-refractivity contribution < 1.29 is 22.0 Å². The van der Waals surface area contributed by atoms with E-state index in [-0.39, 0.29) is 22.6 Å². The minimum absolute atomic E-state index is 0.221. The van der Waals surface area contributed by atoms with Gasteiger partial charge >= 0.3 is 9.85 Å². The summed E-state index contributed by atoms with van der Waals surface area (Å²) in [4.78, 5) is 0. The summed E-state index contributed by atoms with van der Waals surface area (Å²) in [6, 6.07) is 0. The molecule has 0 saturated carbocycles. The third kappa shape index (κ3) is 2.16. The number of hydrogen-bond acceptors (Lipinski definition) is 0. The molecular formula is C5H6F5I. The van der Waals surface area contributed by atoms with Crippen molar-refractivity contribution in [1.29, 1.82) is 0 Å². The third-order valence-electron chi connectivity index (χ3n) is 1.10. The summed E-state index contributed by atoms with van der Waals surface area (Å²) in [6.07, 6.45) is 0. The second kappa shape index (κ2) is 2.70. The van der Waals surface area contributed by atoms with Gasteiger partial charge in [-0.15, -0.1) is 0 Å². The molecule has 0 aromatic rings. The fraction of sp³-hybridized carbons (Fsp3) is 1.00. The van der Waals surface area contributed by atoms with Gasteiger partial charge < -0.3 is 0 Å². The lowest BCUT2D eigenvalue weighted by Crippen LogP contribution is -2.49. The molecule has 0 nitrogen and oxygen atoms in total. The van der Waals surface area contributed by atoms with Gasteiger partial charge in [-0.25, -0.2) is 4.39 Å². The molecule has 0 spiro atoms. The number of halogens is 6. The molecule has 11 heavy (non-hydrogen) atoms. The zero-order chi connectivity index (χ0) is 9.50. The maximum Gasteiger partial charge on any atom is 0.361 e. The topological polar surface area (TPSA) is 0 Å². The molecule has 6 heteroatoms. The van der Waals surface area contributed by atoms with Gasteiger partial charge in [-0.1, -0.05) is 0 Å². The highest BCUT2D eigenvalue weighted by atomic mass is 127. The van der Waals surface area contributed by atoms with E-state index >= 15 is 0 Å². The molecule has 68 valence electrons. The Bertz CT molecular complexity index is 126. The van der Waals surface area contributed by atoms with E-state index in [0.29, 0.717) is 13.8 Å². The standard InChI is InChI=1S/C5H6F5I/c1-3(2,6)4(7,8)5(9,10)11/h1-2H3. The number of alkyl halides is 6. The first-order valence-corrected chi connectivity index (χ1v) is 3.71. The molecule has 0 aliphatic rings. The molecule has 0 amide bonds. The molecule has 0 aromatic carbocycles. The van der Waals surface area contributed by atoms with Crippen LogP contribution in [0.5, 0.6) is 0 Å². The monoisotopic (exact) mass is 288 g/mol. The van der Waals surface area contributed by atoms with Crippen molar-refractivity contribution in [3.63, 3.8) is 0 Å². The molecule has 0 rings (SSSR count). The summed E-state index contributed by atoms with van der Waals surface area (Å²) in [6.45, 7) is 0.832. The van der Waals surface area contributed by atoms with Crippen molar-refractivity contribution in [3.8, 4) is 0 Å². The van der Waals surface area contributed by atoms with Crippen LogP contribution in [0.15, 0.2) is 0 Å². The lowest BCUT2D eigenvalue weighted by Gasteiger charge is -2.29. The van der Waals surface area contributed by atoms with E-state index in [4.69, 9.17) is 0 Å². The van der Waals surface area contributed by atoms with Crippen LogP contribution < -0.4 is 0 Å². The van der Waals surface area contributed by atoms with E-state index in [1.54, 1.807) is 0 Å². The predicted octanol–water partition coefficient (Wildman–Crippen LogP) is 3.40. The zero-order valence-electron chi connectivity index (χ0n) is 5.77. The van der Waals surface area contributed by atoms with Crippen LogP contribution in [0.2, 0.25) is 0 Å². The first-order valence-electron chi connectivity index (χ1n) is 2.63. The molecule has 0 atom stereocenters. The summed E-state index contributed by atoms with van der Waals surface area (Å²) in [5, 5.41) is 0. The smallest absolute Gasteiger partial charge is 0.238 e. The van der Waals surface area contributed by atoms with Crippen molar-refractivity contribution in [2.45, 2.75) is 29.4 Å². The van der Waals surface area contributed by atoms with E-state index in [9.17, 15) is 22.0 Å². The van der Waals surface area contributed by atoms with Crippen molar-refractivity contribution in [2.75, 3.05) is 0 Å². The Balaban J connectivity index is 4.75. The zero-order valence-corrected chi connectivity index (χ0v) is 7.93. The lowest BCUT2D eigenvalue weighted by molar-refractivity contribution is -0.211. The quantitative estimate of drug-likeness (QED) is 0.415. The second-order valence-electron chi connectivity index (χ2n) is 2.54. The Hall–Kier alpha value is 0.380. The summed E-state index contributed by atoms with van der Waals surface area (Å²) >= 11 is 0.221. The fourth-order valence-electron chi connectivity index (χ4n) is 0.337. The number of rotatable bonds is 2. The highest BCUT2D eigenvalue weighted by Gasteiger charge is 2.64. The van der Waals surface area contributed by atoms with Crippen molar-refractivity contribution >= 4 is 22.6 Å². The Labute approximate surface area is 74.3 Å². The first-order chi connectivity index (χ1) is 4.50. The van der Waals surface area contributed by atoms with Crippen molar-refractivity contribution in [1.82, 2.24) is 0 Å². The van der Waals surface area contributed by atoms with Crippen LogP contribution in [0.3, 0.4) is 0 Å². The van der Waals surface area contributed by atoms with Gasteiger partial charge in [0.2, 0.25) is 0 Å². The van der Waals surface area contributed by atoms with Gasteiger partial charge in [0.25, 0.3) is 0 Å². The van der Waals surface area contributed by atoms with Crippen LogP contribution >= 0.6 is 22.6 Å². The third-order valence-corrected chi connectivity index (χ3v) is 1.78. The lowest BCUT2D eigenvalue weighted by atomic mass is 10.0. The predicted molar refractivity (Wildman–Crippen MR) is 39.1 cm³/mol. The van der Waals surface area contributed by atoms with Crippen molar-refractivity contribution in [2.24, 2.45) is 0 Å². The summed E-state index contributed by atoms with van der Waals surface area (Å²) in [7, 11) is 0. The maximum atomic E-state index is 12.4. The minimum atomic E-state index is -4.64. The second-order valence-corrected chi connectivity index (χ2v) is 3.90. The van der Waals surface area contributed by atoms with E-state index < -0.39 is 15.5 Å². The molecule has 0 heterocycles. The molecule has 0 N–H and O–H groups in total. The van der Waals surface area contributed by atoms with E-state index in [0.717, 1.165) is 0 Å². The van der Waals surface area contributed by atoms with Gasteiger partial charge in [0.1, 0.15) is 0 Å². The van der Waals surface area contributed by atoms with Gasteiger partial charge in [-0.05, 0) is 13.8 Å². The molecule has 0 radical (unpaired) electrons. The van der Waals surface area contributed by atoms with Crippen LogP contribution in [-0.4, -0.2) is 15.5 Å². The highest BCUT2D eigenvalue weighted by molar-refractivity contribution is 14.1.